The molecule has 1 unspecified atom stereocenters. The summed E-state index contributed by atoms with van der Waals surface area (Å²) in [5, 5.41) is 9.69. The minimum atomic E-state index is -0.481. The molecule has 4 heteroatoms. The summed E-state index contributed by atoms with van der Waals surface area (Å²) in [4.78, 5) is 6.54. The van der Waals surface area contributed by atoms with Crippen LogP contribution in [0.25, 0.3) is 0 Å². The van der Waals surface area contributed by atoms with Gasteiger partial charge in [-0.05, 0) is 19.4 Å². The van der Waals surface area contributed by atoms with Crippen molar-refractivity contribution >= 4 is 5.82 Å². The van der Waals surface area contributed by atoms with E-state index in [-0.39, 0.29) is 6.10 Å². The fourth-order valence-electron chi connectivity index (χ4n) is 2.11. The fourth-order valence-corrected chi connectivity index (χ4v) is 2.11. The maximum atomic E-state index is 9.69. The second kappa shape index (κ2) is 4.80. The largest absolute Gasteiger partial charge is 0.389 e. The van der Waals surface area contributed by atoms with Gasteiger partial charge in [0, 0.05) is 32.0 Å². The summed E-state index contributed by atoms with van der Waals surface area (Å²) in [5.41, 5.74) is 0.888. The smallest absolute Gasteiger partial charge is 0.134 e. The lowest BCUT2D eigenvalue weighted by Crippen LogP contribution is -2.24. The van der Waals surface area contributed by atoms with Gasteiger partial charge in [0.1, 0.15) is 5.82 Å². The lowest BCUT2D eigenvalue weighted by atomic mass is 10.1. The van der Waals surface area contributed by atoms with Crippen molar-refractivity contribution in [3.8, 4) is 0 Å². The van der Waals surface area contributed by atoms with Crippen LogP contribution in [0.4, 0.5) is 5.82 Å². The Hall–Kier alpha value is -1.13. The highest BCUT2D eigenvalue weighted by atomic mass is 16.5. The zero-order valence-electron chi connectivity index (χ0n) is 9.76. The number of pyridine rings is 1. The van der Waals surface area contributed by atoms with Crippen LogP contribution in [-0.2, 0) is 4.74 Å². The summed E-state index contributed by atoms with van der Waals surface area (Å²) in [6.07, 6.45) is 2.59. The first kappa shape index (κ1) is 11.4. The quantitative estimate of drug-likeness (QED) is 0.838. The maximum absolute atomic E-state index is 9.69. The zero-order valence-corrected chi connectivity index (χ0v) is 9.76. The van der Waals surface area contributed by atoms with Crippen molar-refractivity contribution in [1.82, 2.24) is 4.98 Å². The van der Waals surface area contributed by atoms with E-state index in [0.29, 0.717) is 0 Å². The van der Waals surface area contributed by atoms with Crippen molar-refractivity contribution in [1.29, 1.82) is 0 Å². The standard InChI is InChI=1S/C12H18N2O2/c1-9(15)11-4-3-6-13-12(11)14-7-5-10(8-14)16-2/h3-4,6,9-10,15H,5,7-8H2,1-2H3/t9-,10?/m1/s1. The van der Waals surface area contributed by atoms with Gasteiger partial charge in [0.25, 0.3) is 0 Å². The second-order valence-corrected chi connectivity index (χ2v) is 4.18. The molecule has 0 aliphatic carbocycles. The van der Waals surface area contributed by atoms with E-state index in [2.05, 4.69) is 9.88 Å². The summed E-state index contributed by atoms with van der Waals surface area (Å²) < 4.78 is 5.33. The number of hydrogen-bond donors (Lipinski definition) is 1. The molecule has 4 nitrogen and oxygen atoms in total. The monoisotopic (exact) mass is 222 g/mol. The Balaban J connectivity index is 2.20. The van der Waals surface area contributed by atoms with Gasteiger partial charge in [-0.2, -0.15) is 0 Å². The van der Waals surface area contributed by atoms with E-state index in [4.69, 9.17) is 4.74 Å². The Morgan fingerprint density at radius 1 is 1.62 bits per heavy atom. The normalized spacial score (nSPS) is 22.4. The molecule has 1 fully saturated rings. The lowest BCUT2D eigenvalue weighted by molar-refractivity contribution is 0.121. The zero-order chi connectivity index (χ0) is 11.5. The van der Waals surface area contributed by atoms with Gasteiger partial charge >= 0.3 is 0 Å². The van der Waals surface area contributed by atoms with Crippen molar-refractivity contribution < 1.29 is 9.84 Å². The molecule has 1 aliphatic heterocycles. The summed E-state index contributed by atoms with van der Waals surface area (Å²) in [6, 6.07) is 3.78. The van der Waals surface area contributed by atoms with Gasteiger partial charge in [0.15, 0.2) is 0 Å². The predicted molar refractivity (Wildman–Crippen MR) is 62.5 cm³/mol. The molecular formula is C12H18N2O2. The van der Waals surface area contributed by atoms with Gasteiger partial charge in [-0.15, -0.1) is 0 Å². The van der Waals surface area contributed by atoms with Crippen LogP contribution in [0.2, 0.25) is 0 Å². The third-order valence-corrected chi connectivity index (χ3v) is 3.04. The number of aromatic nitrogens is 1. The minimum Gasteiger partial charge on any atom is -0.389 e. The average molecular weight is 222 g/mol. The molecule has 0 spiro atoms. The first-order valence-corrected chi connectivity index (χ1v) is 5.63. The number of methoxy groups -OCH3 is 1. The van der Waals surface area contributed by atoms with Crippen molar-refractivity contribution in [2.45, 2.75) is 25.6 Å². The summed E-state index contributed by atoms with van der Waals surface area (Å²) in [5.74, 6) is 0.886. The van der Waals surface area contributed by atoms with Crippen LogP contribution in [0.5, 0.6) is 0 Å². The Bertz CT molecular complexity index is 355. The van der Waals surface area contributed by atoms with Crippen LogP contribution < -0.4 is 4.90 Å². The fraction of sp³-hybridized carbons (Fsp3) is 0.583. The summed E-state index contributed by atoms with van der Waals surface area (Å²) in [6.45, 7) is 3.56. The molecule has 1 aliphatic rings. The van der Waals surface area contributed by atoms with E-state index in [9.17, 15) is 5.11 Å². The highest BCUT2D eigenvalue weighted by Gasteiger charge is 2.25. The molecule has 1 saturated heterocycles. The first-order chi connectivity index (χ1) is 7.72. The van der Waals surface area contributed by atoms with Crippen LogP contribution in [0.15, 0.2) is 18.3 Å². The third kappa shape index (κ3) is 2.18. The van der Waals surface area contributed by atoms with Crippen LogP contribution in [0, 0.1) is 0 Å². The van der Waals surface area contributed by atoms with Crippen LogP contribution in [0.1, 0.15) is 25.0 Å². The molecule has 0 radical (unpaired) electrons. The third-order valence-electron chi connectivity index (χ3n) is 3.04. The van der Waals surface area contributed by atoms with Gasteiger partial charge in [0.2, 0.25) is 0 Å². The van der Waals surface area contributed by atoms with Gasteiger partial charge in [-0.1, -0.05) is 6.07 Å². The molecule has 0 aromatic carbocycles. The van der Waals surface area contributed by atoms with Crippen molar-refractivity contribution in [2.75, 3.05) is 25.1 Å². The van der Waals surface area contributed by atoms with E-state index in [1.54, 1.807) is 20.2 Å². The Kier molecular flexibility index (Phi) is 3.41. The van der Waals surface area contributed by atoms with E-state index in [0.717, 1.165) is 30.9 Å². The number of ether oxygens (including phenoxy) is 1. The van der Waals surface area contributed by atoms with Gasteiger partial charge in [0.05, 0.1) is 12.2 Å². The number of aliphatic hydroxyl groups is 1. The number of nitrogens with zero attached hydrogens (tertiary/aromatic N) is 2. The molecule has 1 aromatic rings. The van der Waals surface area contributed by atoms with Crippen LogP contribution in [0.3, 0.4) is 0 Å². The molecule has 1 aromatic heterocycles. The second-order valence-electron chi connectivity index (χ2n) is 4.18. The Morgan fingerprint density at radius 2 is 2.44 bits per heavy atom. The van der Waals surface area contributed by atoms with Gasteiger partial charge in [-0.3, -0.25) is 0 Å². The molecule has 88 valence electrons. The Morgan fingerprint density at radius 3 is 3.06 bits per heavy atom. The maximum Gasteiger partial charge on any atom is 0.134 e. The molecule has 2 rings (SSSR count). The van der Waals surface area contributed by atoms with E-state index in [1.165, 1.54) is 0 Å². The molecule has 0 amide bonds. The highest BCUT2D eigenvalue weighted by Crippen LogP contribution is 2.27. The van der Waals surface area contributed by atoms with Crippen molar-refractivity contribution in [3.05, 3.63) is 23.9 Å². The number of hydrogen-bond acceptors (Lipinski definition) is 4. The van der Waals surface area contributed by atoms with Crippen LogP contribution >= 0.6 is 0 Å². The van der Waals surface area contributed by atoms with Crippen molar-refractivity contribution in [3.63, 3.8) is 0 Å². The molecule has 2 atom stereocenters. The van der Waals surface area contributed by atoms with Crippen LogP contribution in [-0.4, -0.2) is 36.4 Å². The molecule has 2 heterocycles. The average Bonchev–Trinajstić information content (AvgIpc) is 2.77. The first-order valence-electron chi connectivity index (χ1n) is 5.63. The van der Waals surface area contributed by atoms with Crippen molar-refractivity contribution in [2.24, 2.45) is 0 Å². The Labute approximate surface area is 95.9 Å². The molecule has 1 N–H and O–H groups in total. The number of aliphatic hydroxyl groups excluding tert-OH is 1. The topological polar surface area (TPSA) is 45.6 Å². The number of rotatable bonds is 3. The summed E-state index contributed by atoms with van der Waals surface area (Å²) >= 11 is 0. The number of anilines is 1. The van der Waals surface area contributed by atoms with E-state index >= 15 is 0 Å². The van der Waals surface area contributed by atoms with E-state index < -0.39 is 6.10 Å². The summed E-state index contributed by atoms with van der Waals surface area (Å²) in [7, 11) is 1.74. The van der Waals surface area contributed by atoms with Gasteiger partial charge < -0.3 is 14.7 Å². The molecule has 0 saturated carbocycles. The SMILES string of the molecule is COC1CCN(c2ncccc2[C@@H](C)O)C1. The molecule has 16 heavy (non-hydrogen) atoms. The lowest BCUT2D eigenvalue weighted by Gasteiger charge is -2.21. The highest BCUT2D eigenvalue weighted by molar-refractivity contribution is 5.48. The van der Waals surface area contributed by atoms with Gasteiger partial charge in [-0.25, -0.2) is 4.98 Å². The van der Waals surface area contributed by atoms with E-state index in [1.807, 2.05) is 12.1 Å². The molecular weight excluding hydrogens is 204 g/mol. The predicted octanol–water partition coefficient (Wildman–Crippen LogP) is 1.36. The molecule has 0 bridgehead atoms. The minimum absolute atomic E-state index is 0.281.